The Kier molecular flexibility index (Phi) is 7.96. The van der Waals surface area contributed by atoms with Crippen LogP contribution >= 0.6 is 0 Å². The summed E-state index contributed by atoms with van der Waals surface area (Å²) in [7, 11) is 0. The molecule has 1 saturated carbocycles. The van der Waals surface area contributed by atoms with Crippen LogP contribution < -0.4 is 10.6 Å². The lowest BCUT2D eigenvalue weighted by atomic mass is 9.62. The molecule has 2 N–H and O–H groups in total. The van der Waals surface area contributed by atoms with Gasteiger partial charge >= 0.3 is 0 Å². The van der Waals surface area contributed by atoms with Gasteiger partial charge in [0.05, 0.1) is 0 Å². The Morgan fingerprint density at radius 2 is 1.43 bits per heavy atom. The van der Waals surface area contributed by atoms with Crippen molar-refractivity contribution in [1.82, 2.24) is 10.6 Å². The van der Waals surface area contributed by atoms with Crippen LogP contribution in [-0.2, 0) is 5.41 Å². The van der Waals surface area contributed by atoms with E-state index in [2.05, 4.69) is 184 Å². The molecule has 1 heterocycles. The molecule has 0 radical (unpaired) electrons. The fourth-order valence-corrected chi connectivity index (χ4v) is 11.2. The van der Waals surface area contributed by atoms with Crippen molar-refractivity contribution >= 4 is 11.4 Å². The molecule has 6 aliphatic rings. The van der Waals surface area contributed by atoms with Gasteiger partial charge in [0, 0.05) is 11.8 Å². The quantitative estimate of drug-likeness (QED) is 0.217. The summed E-state index contributed by atoms with van der Waals surface area (Å²) in [5.41, 5.74) is 14.2. The zero-order valence-corrected chi connectivity index (χ0v) is 32.0. The van der Waals surface area contributed by atoms with Crippen molar-refractivity contribution in [3.63, 3.8) is 0 Å². The molecule has 5 aliphatic carbocycles. The minimum absolute atomic E-state index is 0.0469. The third-order valence-electron chi connectivity index (χ3n) is 14.0. The molecule has 0 spiro atoms. The van der Waals surface area contributed by atoms with E-state index in [4.69, 9.17) is 4.99 Å². The van der Waals surface area contributed by atoms with Crippen molar-refractivity contribution in [2.75, 3.05) is 0 Å². The fourth-order valence-electron chi connectivity index (χ4n) is 11.2. The molecule has 54 heavy (non-hydrogen) atoms. The summed E-state index contributed by atoms with van der Waals surface area (Å²) in [6, 6.07) is 36.0. The number of hydrogen-bond donors (Lipinski definition) is 2. The van der Waals surface area contributed by atoms with Crippen molar-refractivity contribution in [2.24, 2.45) is 40.0 Å². The van der Waals surface area contributed by atoms with Gasteiger partial charge in [0.25, 0.3) is 0 Å². The third kappa shape index (κ3) is 5.38. The van der Waals surface area contributed by atoms with E-state index < -0.39 is 0 Å². The monoisotopic (exact) mass is 705 g/mol. The van der Waals surface area contributed by atoms with Gasteiger partial charge in [-0.25, -0.2) is 4.99 Å². The van der Waals surface area contributed by atoms with E-state index in [-0.39, 0.29) is 23.7 Å². The number of allylic oxidation sites excluding steroid dienone is 9. The maximum atomic E-state index is 5.19. The molecule has 0 bridgehead atoms. The summed E-state index contributed by atoms with van der Waals surface area (Å²) in [5.74, 6) is 3.72. The topological polar surface area (TPSA) is 36.4 Å². The molecule has 1 fully saturated rings. The first-order valence-electron chi connectivity index (χ1n) is 20.2. The van der Waals surface area contributed by atoms with Gasteiger partial charge in [-0.15, -0.1) is 0 Å². The van der Waals surface area contributed by atoms with E-state index in [9.17, 15) is 0 Å². The van der Waals surface area contributed by atoms with Crippen molar-refractivity contribution < 1.29 is 0 Å². The van der Waals surface area contributed by atoms with Gasteiger partial charge in [0.1, 0.15) is 18.2 Å². The fraction of sp³-hybridized carbons (Fsp3) is 0.314. The molecule has 0 saturated heterocycles. The Bertz CT molecular complexity index is 2310. The number of benzene rings is 4. The van der Waals surface area contributed by atoms with Crippen LogP contribution in [0.15, 0.2) is 156 Å². The van der Waals surface area contributed by atoms with Crippen LogP contribution in [0.1, 0.15) is 81.5 Å². The maximum absolute atomic E-state index is 5.19. The SMILES string of the molecule is CC1(C)c2c(cccc2-c2cccc(-c3cccc(C4NC(C5C=CC=CC5)=NC(c5ccccc5)N4)c3)c2)C2=CC3C4=CC=CCC4C(C)(C)C3CC21. The first kappa shape index (κ1) is 33.6. The molecule has 10 rings (SSSR count). The van der Waals surface area contributed by atoms with E-state index in [1.807, 2.05) is 0 Å². The van der Waals surface area contributed by atoms with E-state index in [0.29, 0.717) is 29.1 Å². The summed E-state index contributed by atoms with van der Waals surface area (Å²) in [6.45, 7) is 10.1. The van der Waals surface area contributed by atoms with E-state index in [0.717, 1.165) is 12.3 Å². The number of aliphatic imine (C=N–C) groups is 1. The summed E-state index contributed by atoms with van der Waals surface area (Å²) < 4.78 is 0. The molecule has 0 amide bonds. The molecule has 0 aromatic heterocycles. The number of fused-ring (bicyclic) bond motifs is 6. The minimum Gasteiger partial charge on any atom is -0.354 e. The Morgan fingerprint density at radius 3 is 2.26 bits per heavy atom. The molecule has 270 valence electrons. The van der Waals surface area contributed by atoms with Crippen molar-refractivity contribution in [2.45, 2.75) is 64.7 Å². The smallest absolute Gasteiger partial charge is 0.129 e. The number of nitrogens with one attached hydrogen (secondary N) is 2. The summed E-state index contributed by atoms with van der Waals surface area (Å²) >= 11 is 0. The highest BCUT2D eigenvalue weighted by molar-refractivity contribution is 5.88. The van der Waals surface area contributed by atoms with Crippen LogP contribution in [0, 0.1) is 35.0 Å². The van der Waals surface area contributed by atoms with E-state index >= 15 is 0 Å². The Labute approximate surface area is 321 Å². The second kappa shape index (κ2) is 12.8. The number of nitrogens with zero attached hydrogens (tertiary/aromatic N) is 1. The molecule has 4 aromatic carbocycles. The number of amidine groups is 1. The molecule has 3 nitrogen and oxygen atoms in total. The molecule has 3 heteroatoms. The summed E-state index contributed by atoms with van der Waals surface area (Å²) in [5, 5.41) is 7.61. The van der Waals surface area contributed by atoms with Crippen LogP contribution in [-0.4, -0.2) is 5.84 Å². The number of rotatable bonds is 5. The van der Waals surface area contributed by atoms with Crippen LogP contribution in [0.3, 0.4) is 0 Å². The van der Waals surface area contributed by atoms with Crippen molar-refractivity contribution in [1.29, 1.82) is 0 Å². The predicted octanol–water partition coefficient (Wildman–Crippen LogP) is 11.9. The molecule has 4 aromatic rings. The first-order chi connectivity index (χ1) is 26.3. The third-order valence-corrected chi connectivity index (χ3v) is 14.0. The highest BCUT2D eigenvalue weighted by Crippen LogP contribution is 2.66. The van der Waals surface area contributed by atoms with Crippen LogP contribution in [0.5, 0.6) is 0 Å². The zero-order valence-electron chi connectivity index (χ0n) is 32.0. The molecule has 7 unspecified atom stereocenters. The summed E-state index contributed by atoms with van der Waals surface area (Å²) in [6.07, 6.45) is 21.9. The van der Waals surface area contributed by atoms with E-state index in [1.165, 1.54) is 57.3 Å². The second-order valence-electron chi connectivity index (χ2n) is 17.6. The lowest BCUT2D eigenvalue weighted by molar-refractivity contribution is 0.141. The average molecular weight is 706 g/mol. The van der Waals surface area contributed by atoms with Gasteiger partial charge in [-0.2, -0.15) is 0 Å². The second-order valence-corrected chi connectivity index (χ2v) is 17.6. The first-order valence-corrected chi connectivity index (χ1v) is 20.2. The van der Waals surface area contributed by atoms with Crippen LogP contribution in [0.2, 0.25) is 0 Å². The number of hydrogen-bond acceptors (Lipinski definition) is 3. The minimum atomic E-state index is -0.121. The lowest BCUT2D eigenvalue weighted by Crippen LogP contribution is -2.47. The molecular weight excluding hydrogens is 655 g/mol. The van der Waals surface area contributed by atoms with Gasteiger partial charge in [0.15, 0.2) is 0 Å². The average Bonchev–Trinajstić information content (AvgIpc) is 3.59. The van der Waals surface area contributed by atoms with Crippen LogP contribution in [0.4, 0.5) is 0 Å². The highest BCUT2D eigenvalue weighted by atomic mass is 15.3. The largest absolute Gasteiger partial charge is 0.354 e. The van der Waals surface area contributed by atoms with Gasteiger partial charge < -0.3 is 5.32 Å². The predicted molar refractivity (Wildman–Crippen MR) is 225 cm³/mol. The maximum Gasteiger partial charge on any atom is 0.129 e. The Hall–Kier alpha value is -4.99. The van der Waals surface area contributed by atoms with Crippen LogP contribution in [0.25, 0.3) is 27.8 Å². The zero-order chi connectivity index (χ0) is 36.6. The standard InChI is InChI=1S/C51H51N3/c1-50(2)43-27-12-11-24-39(43)41-30-42-40-26-15-25-38(46(40)51(3,4)45(42)31-44(41)50)36-22-13-20-34(28-36)35-21-14-23-37(29-35)49-53-47(32-16-7-5-8-17-32)52-48(54-49)33-18-9-6-10-19-33/h5-18,20-26,28-30,33,41,43-45,47,49,53H,19,27,31H2,1-4H3,(H,52,54). The Morgan fingerprint density at radius 1 is 0.685 bits per heavy atom. The van der Waals surface area contributed by atoms with Crippen molar-refractivity contribution in [3.05, 3.63) is 173 Å². The summed E-state index contributed by atoms with van der Waals surface area (Å²) in [4.78, 5) is 5.19. The normalized spacial score (nSPS) is 29.6. The van der Waals surface area contributed by atoms with Gasteiger partial charge in [-0.1, -0.05) is 167 Å². The lowest BCUT2D eigenvalue weighted by Gasteiger charge is -2.41. The Balaban J connectivity index is 0.986. The molecular formula is C51H51N3. The molecule has 1 aliphatic heterocycles. The molecule has 7 atom stereocenters. The van der Waals surface area contributed by atoms with Gasteiger partial charge in [-0.05, 0) is 110 Å². The van der Waals surface area contributed by atoms with Crippen molar-refractivity contribution in [3.8, 4) is 22.3 Å². The highest BCUT2D eigenvalue weighted by Gasteiger charge is 2.57. The van der Waals surface area contributed by atoms with Gasteiger partial charge in [0.2, 0.25) is 0 Å². The van der Waals surface area contributed by atoms with E-state index in [1.54, 1.807) is 11.1 Å². The van der Waals surface area contributed by atoms with Gasteiger partial charge in [-0.3, -0.25) is 5.32 Å².